The van der Waals surface area contributed by atoms with Crippen molar-refractivity contribution in [2.24, 2.45) is 0 Å². The lowest BCUT2D eigenvalue weighted by molar-refractivity contribution is -0.245. The van der Waals surface area contributed by atoms with Crippen LogP contribution in [0.4, 0.5) is 0 Å². The maximum Gasteiger partial charge on any atom is 0.303 e. The largest absolute Gasteiger partial charge is 0.481 e. The zero-order valence-electron chi connectivity index (χ0n) is 26.7. The van der Waals surface area contributed by atoms with Gasteiger partial charge in [0, 0.05) is 37.1 Å². The molecule has 0 aliphatic carbocycles. The first kappa shape index (κ1) is 34.0. The highest BCUT2D eigenvalue weighted by Gasteiger charge is 2.33. The molecule has 49 heavy (non-hydrogen) atoms. The number of ether oxygens (including phenoxy) is 2. The Morgan fingerprint density at radius 3 is 2.41 bits per heavy atom. The Hall–Kier alpha value is -4.88. The number of hydrogen-bond acceptors (Lipinski definition) is 9. The van der Waals surface area contributed by atoms with Crippen LogP contribution >= 0.6 is 11.8 Å². The summed E-state index contributed by atoms with van der Waals surface area (Å²) in [4.78, 5) is 22.9. The molecule has 2 heterocycles. The quantitative estimate of drug-likeness (QED) is 0.119. The van der Waals surface area contributed by atoms with Crippen LogP contribution in [0.1, 0.15) is 60.3 Å². The lowest BCUT2D eigenvalue weighted by atomic mass is 9.99. The molecule has 1 fully saturated rings. The molecule has 12 heteroatoms. The average molecular weight is 680 g/mol. The summed E-state index contributed by atoms with van der Waals surface area (Å²) in [5.41, 5.74) is 6.47. The molecule has 6 rings (SSSR count). The van der Waals surface area contributed by atoms with Crippen LogP contribution in [-0.4, -0.2) is 54.2 Å². The highest BCUT2D eigenvalue weighted by molar-refractivity contribution is 7.99. The minimum absolute atomic E-state index is 0.0277. The van der Waals surface area contributed by atoms with Crippen molar-refractivity contribution in [2.75, 3.05) is 5.75 Å². The number of aliphatic carboxylic acids is 1. The summed E-state index contributed by atoms with van der Waals surface area (Å²) in [6.45, 7) is 0.317. The van der Waals surface area contributed by atoms with Crippen molar-refractivity contribution in [2.45, 2.75) is 62.5 Å². The summed E-state index contributed by atoms with van der Waals surface area (Å²) in [5, 5.41) is 34.3. The SMILES string of the molecule is O=C(O)CCCC(=O)NCc1cccc(-c2cccc([C@H]3O[C@@H](CSc4nnnn4-c4ccccc4)C[C@@H](c4ccc(CO)cc4)O3)c2)c1. The molecule has 11 nitrogen and oxygen atoms in total. The van der Waals surface area contributed by atoms with Crippen LogP contribution in [0, 0.1) is 0 Å². The topological polar surface area (TPSA) is 149 Å². The van der Waals surface area contributed by atoms with Gasteiger partial charge in [0.05, 0.1) is 24.5 Å². The number of aliphatic hydroxyl groups is 1. The number of amides is 1. The van der Waals surface area contributed by atoms with E-state index in [0.717, 1.165) is 39.1 Å². The molecule has 0 spiro atoms. The number of tetrazole rings is 1. The second kappa shape index (κ2) is 16.5. The van der Waals surface area contributed by atoms with Crippen LogP contribution in [0.2, 0.25) is 0 Å². The van der Waals surface area contributed by atoms with Gasteiger partial charge >= 0.3 is 5.97 Å². The van der Waals surface area contributed by atoms with Gasteiger partial charge in [-0.3, -0.25) is 9.59 Å². The molecule has 1 aliphatic heterocycles. The molecule has 0 saturated carbocycles. The number of carboxylic acids is 1. The number of benzene rings is 4. The van der Waals surface area contributed by atoms with Crippen LogP contribution in [0.5, 0.6) is 0 Å². The molecule has 0 radical (unpaired) electrons. The van der Waals surface area contributed by atoms with Gasteiger partial charge in [0.2, 0.25) is 11.1 Å². The van der Waals surface area contributed by atoms with Gasteiger partial charge in [-0.15, -0.1) is 5.10 Å². The Bertz CT molecular complexity index is 1850. The summed E-state index contributed by atoms with van der Waals surface area (Å²) in [5.74, 6) is -0.484. The lowest BCUT2D eigenvalue weighted by Crippen LogP contribution is -2.31. The number of thioether (sulfide) groups is 1. The van der Waals surface area contributed by atoms with Crippen molar-refractivity contribution in [1.29, 1.82) is 0 Å². The fourth-order valence-corrected chi connectivity index (χ4v) is 6.51. The fraction of sp³-hybridized carbons (Fsp3) is 0.270. The third-order valence-electron chi connectivity index (χ3n) is 8.16. The molecule has 3 N–H and O–H groups in total. The summed E-state index contributed by atoms with van der Waals surface area (Å²) < 4.78 is 14.9. The van der Waals surface area contributed by atoms with E-state index < -0.39 is 12.3 Å². The highest BCUT2D eigenvalue weighted by Crippen LogP contribution is 2.40. The highest BCUT2D eigenvalue weighted by atomic mass is 32.2. The van der Waals surface area contributed by atoms with E-state index in [2.05, 4.69) is 26.9 Å². The molecule has 0 unspecified atom stereocenters. The van der Waals surface area contributed by atoms with Gasteiger partial charge in [-0.2, -0.15) is 4.68 Å². The number of rotatable bonds is 14. The second-order valence-electron chi connectivity index (χ2n) is 11.7. The van der Waals surface area contributed by atoms with Gasteiger partial charge in [-0.25, -0.2) is 0 Å². The molecule has 252 valence electrons. The monoisotopic (exact) mass is 679 g/mol. The average Bonchev–Trinajstić information content (AvgIpc) is 3.62. The van der Waals surface area contributed by atoms with Crippen LogP contribution in [0.25, 0.3) is 16.8 Å². The number of para-hydroxylation sites is 1. The maximum atomic E-state index is 12.2. The molecular weight excluding hydrogens is 643 g/mol. The Labute approximate surface area is 288 Å². The lowest BCUT2D eigenvalue weighted by Gasteiger charge is -2.36. The number of nitrogens with zero attached hydrogens (tertiary/aromatic N) is 4. The zero-order chi connectivity index (χ0) is 34.0. The van der Waals surface area contributed by atoms with Crippen LogP contribution in [-0.2, 0) is 32.2 Å². The zero-order valence-corrected chi connectivity index (χ0v) is 27.5. The molecule has 0 bridgehead atoms. The van der Waals surface area contributed by atoms with Crippen molar-refractivity contribution >= 4 is 23.6 Å². The number of nitrogens with one attached hydrogen (secondary N) is 1. The fourth-order valence-electron chi connectivity index (χ4n) is 5.61. The standard InChI is InChI=1S/C37H37N5O6S/c43-23-25-15-17-27(18-16-25)33-21-32(24-49-37-39-40-41-42(37)31-11-2-1-3-12-31)47-36(48-33)30-10-5-9-29(20-30)28-8-4-7-26(19-28)22-38-34(44)13-6-14-35(45)46/h1-5,7-12,15-20,32-33,36,43H,6,13-14,21-24H2,(H,38,44)(H,45,46)/t32-,33+,36+/m1/s1. The number of aliphatic hydroxyl groups excluding tert-OH is 1. The number of hydrogen-bond donors (Lipinski definition) is 3. The molecular formula is C37H37N5O6S. The van der Waals surface area contributed by atoms with E-state index in [1.54, 1.807) is 4.68 Å². The van der Waals surface area contributed by atoms with E-state index in [1.807, 2.05) is 97.1 Å². The summed E-state index contributed by atoms with van der Waals surface area (Å²) in [6.07, 6.45) is 0.00924. The van der Waals surface area contributed by atoms with Gasteiger partial charge in [-0.05, 0) is 68.9 Å². The van der Waals surface area contributed by atoms with Crippen LogP contribution < -0.4 is 5.32 Å². The summed E-state index contributed by atoms with van der Waals surface area (Å²) in [6, 6.07) is 33.5. The van der Waals surface area contributed by atoms with Gasteiger partial charge < -0.3 is 25.0 Å². The summed E-state index contributed by atoms with van der Waals surface area (Å²) >= 11 is 1.53. The minimum atomic E-state index is -0.907. The second-order valence-corrected chi connectivity index (χ2v) is 12.7. The Morgan fingerprint density at radius 1 is 0.857 bits per heavy atom. The maximum absolute atomic E-state index is 12.2. The third-order valence-corrected chi connectivity index (χ3v) is 9.21. The minimum Gasteiger partial charge on any atom is -0.481 e. The van der Waals surface area contributed by atoms with Crippen molar-refractivity contribution in [3.05, 3.63) is 125 Å². The first-order valence-electron chi connectivity index (χ1n) is 16.1. The summed E-state index contributed by atoms with van der Waals surface area (Å²) in [7, 11) is 0. The molecule has 4 aromatic carbocycles. The Balaban J connectivity index is 1.18. The number of carboxylic acid groups (broad SMARTS) is 1. The van der Waals surface area contributed by atoms with Crippen LogP contribution in [0.3, 0.4) is 0 Å². The van der Waals surface area contributed by atoms with E-state index in [-0.39, 0.29) is 37.6 Å². The van der Waals surface area contributed by atoms with E-state index >= 15 is 0 Å². The molecule has 1 aromatic heterocycles. The molecule has 1 amide bonds. The van der Waals surface area contributed by atoms with E-state index in [1.165, 1.54) is 11.8 Å². The van der Waals surface area contributed by atoms with E-state index in [0.29, 0.717) is 30.3 Å². The first-order chi connectivity index (χ1) is 23.9. The first-order valence-corrected chi connectivity index (χ1v) is 17.1. The van der Waals surface area contributed by atoms with Crippen molar-refractivity contribution < 1.29 is 29.3 Å². The smallest absolute Gasteiger partial charge is 0.303 e. The number of carbonyl (C=O) groups is 2. The Kier molecular flexibility index (Phi) is 11.4. The van der Waals surface area contributed by atoms with Crippen molar-refractivity contribution in [1.82, 2.24) is 25.5 Å². The van der Waals surface area contributed by atoms with E-state index in [4.69, 9.17) is 14.6 Å². The Morgan fingerprint density at radius 2 is 1.63 bits per heavy atom. The van der Waals surface area contributed by atoms with Crippen LogP contribution in [0.15, 0.2) is 108 Å². The third kappa shape index (κ3) is 9.18. The number of aromatic nitrogens is 4. The van der Waals surface area contributed by atoms with Gasteiger partial charge in [0.15, 0.2) is 6.29 Å². The predicted molar refractivity (Wildman–Crippen MR) is 184 cm³/mol. The van der Waals surface area contributed by atoms with Gasteiger partial charge in [0.25, 0.3) is 0 Å². The number of carbonyl (C=O) groups excluding carboxylic acids is 1. The molecule has 3 atom stereocenters. The molecule has 1 saturated heterocycles. The van der Waals surface area contributed by atoms with Crippen molar-refractivity contribution in [3.63, 3.8) is 0 Å². The molecule has 1 aliphatic rings. The van der Waals surface area contributed by atoms with Gasteiger partial charge in [-0.1, -0.05) is 90.6 Å². The predicted octanol–water partition coefficient (Wildman–Crippen LogP) is 6.03. The normalized spacial score (nSPS) is 17.4. The molecule has 5 aromatic rings. The van der Waals surface area contributed by atoms with Gasteiger partial charge in [0.1, 0.15) is 0 Å². The van der Waals surface area contributed by atoms with Crippen molar-refractivity contribution in [3.8, 4) is 16.8 Å². The van der Waals surface area contributed by atoms with E-state index in [9.17, 15) is 14.7 Å².